The number of amides is 1. The summed E-state index contributed by atoms with van der Waals surface area (Å²) >= 11 is 2.97. The van der Waals surface area contributed by atoms with Gasteiger partial charge in [0.1, 0.15) is 11.3 Å². The van der Waals surface area contributed by atoms with Crippen LogP contribution in [0.15, 0.2) is 4.21 Å². The Kier molecular flexibility index (Phi) is 6.27. The maximum Gasteiger partial charge on any atom is 0.413 e. The normalized spacial score (nSPS) is 16.4. The van der Waals surface area contributed by atoms with E-state index in [1.807, 2.05) is 25.5 Å². The Hall–Kier alpha value is -2.11. The Morgan fingerprint density at radius 1 is 1.29 bits per heavy atom. The van der Waals surface area contributed by atoms with Crippen LogP contribution in [0.4, 0.5) is 9.93 Å². The summed E-state index contributed by atoms with van der Waals surface area (Å²) in [7, 11) is 0. The zero-order valence-corrected chi connectivity index (χ0v) is 19.7. The van der Waals surface area contributed by atoms with Gasteiger partial charge in [0.2, 0.25) is 0 Å². The second kappa shape index (κ2) is 8.79. The lowest BCUT2D eigenvalue weighted by Gasteiger charge is -2.25. The maximum absolute atomic E-state index is 12.6. The quantitative estimate of drug-likeness (QED) is 0.658. The van der Waals surface area contributed by atoms with E-state index in [2.05, 4.69) is 15.4 Å². The van der Waals surface area contributed by atoms with Crippen molar-refractivity contribution in [2.45, 2.75) is 62.1 Å². The number of nitrogens with zero attached hydrogens (tertiary/aromatic N) is 3. The van der Waals surface area contributed by atoms with Crippen LogP contribution in [0, 0.1) is 0 Å². The van der Waals surface area contributed by atoms with Gasteiger partial charge in [0, 0.05) is 24.5 Å². The number of esters is 1. The first kappa shape index (κ1) is 22.1. The molecule has 1 saturated heterocycles. The lowest BCUT2D eigenvalue weighted by atomic mass is 10.1. The number of ether oxygens (including phenoxy) is 3. The highest BCUT2D eigenvalue weighted by molar-refractivity contribution is 8.00. The van der Waals surface area contributed by atoms with E-state index < -0.39 is 17.7 Å². The van der Waals surface area contributed by atoms with E-state index in [0.29, 0.717) is 29.8 Å². The molecule has 2 aromatic rings. The Labute approximate surface area is 188 Å². The highest BCUT2D eigenvalue weighted by Gasteiger charge is 2.35. The third-order valence-electron chi connectivity index (χ3n) is 4.79. The first-order chi connectivity index (χ1) is 14.8. The van der Waals surface area contributed by atoms with Gasteiger partial charge in [-0.25, -0.2) is 14.6 Å². The van der Waals surface area contributed by atoms with Gasteiger partial charge in [-0.3, -0.25) is 10.00 Å². The van der Waals surface area contributed by atoms with E-state index in [9.17, 15) is 9.59 Å². The topological polar surface area (TPSA) is 105 Å². The lowest BCUT2D eigenvalue weighted by Crippen LogP contribution is -2.27. The van der Waals surface area contributed by atoms with Crippen LogP contribution in [-0.4, -0.2) is 52.2 Å². The molecule has 2 aromatic heterocycles. The maximum atomic E-state index is 12.6. The minimum atomic E-state index is -0.598. The third kappa shape index (κ3) is 4.73. The molecule has 9 nitrogen and oxygen atoms in total. The number of hydrogen-bond acceptors (Lipinski definition) is 9. The molecule has 1 N–H and O–H groups in total. The fraction of sp³-hybridized carbons (Fsp3) is 0.600. The molecule has 0 aromatic carbocycles. The average Bonchev–Trinajstić information content (AvgIpc) is 3.28. The van der Waals surface area contributed by atoms with Gasteiger partial charge in [0.15, 0.2) is 10.8 Å². The van der Waals surface area contributed by atoms with Gasteiger partial charge >= 0.3 is 12.1 Å². The molecule has 0 bridgehead atoms. The van der Waals surface area contributed by atoms with E-state index >= 15 is 0 Å². The standard InChI is InChI=1S/C20H26N4O5S2/c1-5-28-16(25)13-12-10-30-17-14(15(12)24(23-13)11-6-8-27-9-7-11)21-18(31-17)22-19(26)29-20(2,3)4/h11H,5-10H2,1-4H3,(H,21,22,26). The van der Waals surface area contributed by atoms with Crippen LogP contribution in [0.1, 0.15) is 62.6 Å². The number of aromatic nitrogens is 3. The summed E-state index contributed by atoms with van der Waals surface area (Å²) in [6.45, 7) is 8.80. The fourth-order valence-corrected chi connectivity index (χ4v) is 5.71. The predicted molar refractivity (Wildman–Crippen MR) is 118 cm³/mol. The molecular weight excluding hydrogens is 440 g/mol. The molecule has 168 valence electrons. The molecule has 1 fully saturated rings. The predicted octanol–water partition coefficient (Wildman–Crippen LogP) is 4.49. The van der Waals surface area contributed by atoms with E-state index in [0.717, 1.165) is 34.0 Å². The number of nitrogens with one attached hydrogen (secondary N) is 1. The number of fused-ring (bicyclic) bond motifs is 3. The number of thioether (sulfide) groups is 1. The molecule has 0 spiro atoms. The Morgan fingerprint density at radius 3 is 2.71 bits per heavy atom. The summed E-state index contributed by atoms with van der Waals surface area (Å²) in [5, 5.41) is 7.86. The third-order valence-corrected chi connectivity index (χ3v) is 7.05. The van der Waals surface area contributed by atoms with E-state index in [1.165, 1.54) is 11.3 Å². The van der Waals surface area contributed by atoms with Crippen molar-refractivity contribution in [2.75, 3.05) is 25.1 Å². The van der Waals surface area contributed by atoms with Crippen LogP contribution in [0.2, 0.25) is 0 Å². The van der Waals surface area contributed by atoms with Gasteiger partial charge in [-0.15, -0.1) is 11.8 Å². The molecular formula is C20H26N4O5S2. The van der Waals surface area contributed by atoms with Crippen LogP contribution in [0.25, 0.3) is 11.4 Å². The number of anilines is 1. The van der Waals surface area contributed by atoms with Gasteiger partial charge in [-0.2, -0.15) is 5.10 Å². The number of carbonyl (C=O) groups excluding carboxylic acids is 2. The van der Waals surface area contributed by atoms with Crippen LogP contribution >= 0.6 is 23.1 Å². The second-order valence-electron chi connectivity index (χ2n) is 8.26. The van der Waals surface area contributed by atoms with E-state index in [-0.39, 0.29) is 12.6 Å². The van der Waals surface area contributed by atoms with Crippen molar-refractivity contribution in [3.05, 3.63) is 11.3 Å². The molecule has 0 unspecified atom stereocenters. The van der Waals surface area contributed by atoms with Gasteiger partial charge in [-0.05, 0) is 40.5 Å². The number of carbonyl (C=O) groups is 2. The highest BCUT2D eigenvalue weighted by Crippen LogP contribution is 2.48. The smallest absolute Gasteiger partial charge is 0.413 e. The summed E-state index contributed by atoms with van der Waals surface area (Å²) in [6, 6.07) is 0.116. The minimum absolute atomic E-state index is 0.116. The fourth-order valence-electron chi connectivity index (χ4n) is 3.55. The van der Waals surface area contributed by atoms with Crippen molar-refractivity contribution in [1.29, 1.82) is 0 Å². The highest BCUT2D eigenvalue weighted by atomic mass is 32.2. The van der Waals surface area contributed by atoms with Crippen molar-refractivity contribution < 1.29 is 23.8 Å². The summed E-state index contributed by atoms with van der Waals surface area (Å²) in [5.41, 5.74) is 2.14. The Balaban J connectivity index is 1.71. The molecule has 1 amide bonds. The molecule has 0 atom stereocenters. The van der Waals surface area contributed by atoms with E-state index in [4.69, 9.17) is 14.2 Å². The SMILES string of the molecule is CCOC(=O)c1nn(C2CCOCC2)c2c1CSc1sc(NC(=O)OC(C)(C)C)nc1-2. The van der Waals surface area contributed by atoms with Crippen LogP contribution in [-0.2, 0) is 20.0 Å². The van der Waals surface area contributed by atoms with Crippen LogP contribution < -0.4 is 5.32 Å². The minimum Gasteiger partial charge on any atom is -0.461 e. The van der Waals surface area contributed by atoms with E-state index in [1.54, 1.807) is 18.7 Å². The molecule has 31 heavy (non-hydrogen) atoms. The van der Waals surface area contributed by atoms with Crippen molar-refractivity contribution in [3.63, 3.8) is 0 Å². The average molecular weight is 467 g/mol. The Morgan fingerprint density at radius 2 is 2.03 bits per heavy atom. The number of thiazole rings is 1. The molecule has 11 heteroatoms. The first-order valence-corrected chi connectivity index (χ1v) is 12.1. The van der Waals surface area contributed by atoms with Crippen LogP contribution in [0.5, 0.6) is 0 Å². The molecule has 2 aliphatic rings. The lowest BCUT2D eigenvalue weighted by molar-refractivity contribution is 0.0511. The molecule has 2 aliphatic heterocycles. The first-order valence-electron chi connectivity index (χ1n) is 10.3. The van der Waals surface area contributed by atoms with Crippen molar-refractivity contribution in [2.24, 2.45) is 0 Å². The number of rotatable bonds is 4. The largest absolute Gasteiger partial charge is 0.461 e. The molecule has 0 saturated carbocycles. The van der Waals surface area contributed by atoms with Crippen LogP contribution in [0.3, 0.4) is 0 Å². The Bertz CT molecular complexity index is 989. The second-order valence-corrected chi connectivity index (χ2v) is 10.5. The zero-order valence-electron chi connectivity index (χ0n) is 18.0. The molecule has 0 radical (unpaired) electrons. The van der Waals surface area contributed by atoms with Gasteiger partial charge < -0.3 is 14.2 Å². The summed E-state index contributed by atoms with van der Waals surface area (Å²) in [5.74, 6) is 0.171. The molecule has 4 rings (SSSR count). The van der Waals surface area contributed by atoms with Gasteiger partial charge in [0.25, 0.3) is 0 Å². The molecule has 4 heterocycles. The summed E-state index contributed by atoms with van der Waals surface area (Å²) in [6.07, 6.45) is 1.08. The zero-order chi connectivity index (χ0) is 22.2. The van der Waals surface area contributed by atoms with Crippen molar-refractivity contribution in [3.8, 4) is 11.4 Å². The monoisotopic (exact) mass is 466 g/mol. The van der Waals surface area contributed by atoms with Crippen molar-refractivity contribution in [1.82, 2.24) is 14.8 Å². The van der Waals surface area contributed by atoms with Gasteiger partial charge in [0.05, 0.1) is 22.6 Å². The molecule has 0 aliphatic carbocycles. The van der Waals surface area contributed by atoms with Gasteiger partial charge in [-0.1, -0.05) is 11.3 Å². The van der Waals surface area contributed by atoms with Crippen molar-refractivity contribution >= 4 is 40.3 Å². The summed E-state index contributed by atoms with van der Waals surface area (Å²) < 4.78 is 19.0. The summed E-state index contributed by atoms with van der Waals surface area (Å²) in [4.78, 5) is 29.5. The number of hydrogen-bond donors (Lipinski definition) is 1.